The monoisotopic (exact) mass is 325 g/mol. The molecule has 0 amide bonds. The van der Waals surface area contributed by atoms with Crippen molar-refractivity contribution in [1.29, 1.82) is 0 Å². The van der Waals surface area contributed by atoms with Gasteiger partial charge in [0.15, 0.2) is 5.96 Å². The molecule has 2 aromatic carbocycles. The Kier molecular flexibility index (Phi) is 7.15. The number of ether oxygens (including phenoxy) is 1. The molecule has 0 aliphatic heterocycles. The van der Waals surface area contributed by atoms with Crippen molar-refractivity contribution in [2.24, 2.45) is 4.99 Å². The predicted octanol–water partition coefficient (Wildman–Crippen LogP) is 3.38. The van der Waals surface area contributed by atoms with Gasteiger partial charge in [-0.25, -0.2) is 0 Å². The maximum atomic E-state index is 5.81. The minimum Gasteiger partial charge on any atom is -0.489 e. The molecule has 2 N–H and O–H groups in total. The van der Waals surface area contributed by atoms with Gasteiger partial charge in [-0.05, 0) is 43.5 Å². The molecule has 0 bridgehead atoms. The highest BCUT2D eigenvalue weighted by atomic mass is 16.5. The van der Waals surface area contributed by atoms with E-state index < -0.39 is 0 Å². The maximum absolute atomic E-state index is 5.81. The molecule has 0 radical (unpaired) electrons. The third-order valence-electron chi connectivity index (χ3n) is 3.53. The van der Waals surface area contributed by atoms with E-state index in [9.17, 15) is 0 Å². The quantitative estimate of drug-likeness (QED) is 0.606. The van der Waals surface area contributed by atoms with Gasteiger partial charge in [0.1, 0.15) is 12.4 Å². The van der Waals surface area contributed by atoms with Crippen LogP contribution in [-0.2, 0) is 13.0 Å². The van der Waals surface area contributed by atoms with Crippen molar-refractivity contribution in [3.63, 3.8) is 0 Å². The average molecular weight is 325 g/mol. The molecule has 2 aromatic rings. The Morgan fingerprint density at radius 2 is 1.71 bits per heavy atom. The third kappa shape index (κ3) is 6.32. The fraction of sp³-hybridized carbons (Fsp3) is 0.350. The highest BCUT2D eigenvalue weighted by Crippen LogP contribution is 2.14. The van der Waals surface area contributed by atoms with E-state index in [-0.39, 0.29) is 0 Å². The predicted molar refractivity (Wildman–Crippen MR) is 101 cm³/mol. The summed E-state index contributed by atoms with van der Waals surface area (Å²) in [6.45, 7) is 5.64. The minimum atomic E-state index is 0.372. The van der Waals surface area contributed by atoms with Gasteiger partial charge in [0, 0.05) is 19.6 Å². The normalized spacial score (nSPS) is 11.4. The Balaban J connectivity index is 1.75. The molecule has 0 atom stereocenters. The standard InChI is InChI=1S/C20H27N3O/c1-16(2)23-20(21-3)22-14-13-17-9-11-19(12-10-17)24-15-18-7-5-4-6-8-18/h4-12,16H,13-15H2,1-3H3,(H2,21,22,23). The summed E-state index contributed by atoms with van der Waals surface area (Å²) in [6.07, 6.45) is 0.942. The Hall–Kier alpha value is -2.49. The van der Waals surface area contributed by atoms with E-state index in [0.29, 0.717) is 12.6 Å². The smallest absolute Gasteiger partial charge is 0.191 e. The lowest BCUT2D eigenvalue weighted by atomic mass is 10.1. The topological polar surface area (TPSA) is 45.7 Å². The number of hydrogen-bond acceptors (Lipinski definition) is 2. The van der Waals surface area contributed by atoms with Crippen LogP contribution in [0.2, 0.25) is 0 Å². The number of nitrogens with one attached hydrogen (secondary N) is 2. The number of hydrogen-bond donors (Lipinski definition) is 2. The average Bonchev–Trinajstić information content (AvgIpc) is 2.60. The number of rotatable bonds is 7. The molecule has 0 aliphatic rings. The first-order chi connectivity index (χ1) is 11.7. The SMILES string of the molecule is CN=C(NCCc1ccc(OCc2ccccc2)cc1)NC(C)C. The molecule has 128 valence electrons. The molecule has 0 aliphatic carbocycles. The summed E-state index contributed by atoms with van der Waals surface area (Å²) in [4.78, 5) is 4.20. The fourth-order valence-corrected chi connectivity index (χ4v) is 2.29. The van der Waals surface area contributed by atoms with Crippen LogP contribution in [0.25, 0.3) is 0 Å². The fourth-order valence-electron chi connectivity index (χ4n) is 2.29. The second kappa shape index (κ2) is 9.60. The van der Waals surface area contributed by atoms with E-state index in [4.69, 9.17) is 4.74 Å². The van der Waals surface area contributed by atoms with Gasteiger partial charge < -0.3 is 15.4 Å². The minimum absolute atomic E-state index is 0.372. The summed E-state index contributed by atoms with van der Waals surface area (Å²) in [5, 5.41) is 6.59. The Bertz CT molecular complexity index is 621. The van der Waals surface area contributed by atoms with Crippen LogP contribution in [0.15, 0.2) is 59.6 Å². The molecule has 0 heterocycles. The molecular weight excluding hydrogens is 298 g/mol. The van der Waals surface area contributed by atoms with Gasteiger partial charge in [0.2, 0.25) is 0 Å². The zero-order valence-corrected chi connectivity index (χ0v) is 14.8. The van der Waals surface area contributed by atoms with Crippen LogP contribution in [0.4, 0.5) is 0 Å². The van der Waals surface area contributed by atoms with Gasteiger partial charge in [-0.2, -0.15) is 0 Å². The van der Waals surface area contributed by atoms with Gasteiger partial charge in [-0.3, -0.25) is 4.99 Å². The van der Waals surface area contributed by atoms with Gasteiger partial charge in [-0.15, -0.1) is 0 Å². The van der Waals surface area contributed by atoms with Gasteiger partial charge >= 0.3 is 0 Å². The van der Waals surface area contributed by atoms with Gasteiger partial charge in [-0.1, -0.05) is 42.5 Å². The summed E-state index contributed by atoms with van der Waals surface area (Å²) in [7, 11) is 1.79. The first-order valence-electron chi connectivity index (χ1n) is 8.40. The van der Waals surface area contributed by atoms with Crippen molar-refractivity contribution in [3.05, 3.63) is 65.7 Å². The molecule has 24 heavy (non-hydrogen) atoms. The lowest BCUT2D eigenvalue weighted by Gasteiger charge is -2.14. The summed E-state index contributed by atoms with van der Waals surface area (Å²) < 4.78 is 5.81. The molecule has 0 spiro atoms. The molecule has 0 aromatic heterocycles. The third-order valence-corrected chi connectivity index (χ3v) is 3.53. The summed E-state index contributed by atoms with van der Waals surface area (Å²) in [6, 6.07) is 18.8. The zero-order valence-electron chi connectivity index (χ0n) is 14.8. The number of guanidine groups is 1. The van der Waals surface area contributed by atoms with Crippen LogP contribution in [0.1, 0.15) is 25.0 Å². The van der Waals surface area contributed by atoms with E-state index in [1.165, 1.54) is 11.1 Å². The van der Waals surface area contributed by atoms with Crippen molar-refractivity contribution in [3.8, 4) is 5.75 Å². The lowest BCUT2D eigenvalue weighted by Crippen LogP contribution is -2.41. The van der Waals surface area contributed by atoms with Gasteiger partial charge in [0.25, 0.3) is 0 Å². The summed E-state index contributed by atoms with van der Waals surface area (Å²) >= 11 is 0. The van der Waals surface area contributed by atoms with E-state index in [1.54, 1.807) is 7.05 Å². The van der Waals surface area contributed by atoms with Crippen molar-refractivity contribution >= 4 is 5.96 Å². The highest BCUT2D eigenvalue weighted by Gasteiger charge is 2.01. The first kappa shape index (κ1) is 17.9. The molecule has 2 rings (SSSR count). The van der Waals surface area contributed by atoms with Crippen LogP contribution in [0.3, 0.4) is 0 Å². The van der Waals surface area contributed by atoms with Crippen LogP contribution in [-0.4, -0.2) is 25.6 Å². The summed E-state index contributed by atoms with van der Waals surface area (Å²) in [5.74, 6) is 1.74. The molecule has 4 nitrogen and oxygen atoms in total. The van der Waals surface area contributed by atoms with Crippen molar-refractivity contribution < 1.29 is 4.74 Å². The van der Waals surface area contributed by atoms with Crippen molar-refractivity contribution in [2.75, 3.05) is 13.6 Å². The Morgan fingerprint density at radius 3 is 2.33 bits per heavy atom. The highest BCUT2D eigenvalue weighted by molar-refractivity contribution is 5.79. The van der Waals surface area contributed by atoms with Crippen LogP contribution in [0, 0.1) is 0 Å². The van der Waals surface area contributed by atoms with E-state index in [0.717, 1.165) is 24.7 Å². The first-order valence-corrected chi connectivity index (χ1v) is 8.40. The molecule has 0 fully saturated rings. The number of benzene rings is 2. The molecule has 0 saturated carbocycles. The van der Waals surface area contributed by atoms with E-state index in [1.807, 2.05) is 30.3 Å². The Labute approximate surface area is 145 Å². The number of nitrogens with zero attached hydrogens (tertiary/aromatic N) is 1. The lowest BCUT2D eigenvalue weighted by molar-refractivity contribution is 0.306. The number of aliphatic imine (C=N–C) groups is 1. The van der Waals surface area contributed by atoms with Gasteiger partial charge in [0.05, 0.1) is 0 Å². The molecule has 4 heteroatoms. The molecule has 0 saturated heterocycles. The van der Waals surface area contributed by atoms with Crippen LogP contribution in [0.5, 0.6) is 5.75 Å². The van der Waals surface area contributed by atoms with Crippen molar-refractivity contribution in [1.82, 2.24) is 10.6 Å². The molecule has 0 unspecified atom stereocenters. The summed E-state index contributed by atoms with van der Waals surface area (Å²) in [5.41, 5.74) is 2.45. The zero-order chi connectivity index (χ0) is 17.2. The van der Waals surface area contributed by atoms with Crippen molar-refractivity contribution in [2.45, 2.75) is 32.9 Å². The maximum Gasteiger partial charge on any atom is 0.191 e. The van der Waals surface area contributed by atoms with E-state index >= 15 is 0 Å². The second-order valence-electron chi connectivity index (χ2n) is 5.97. The van der Waals surface area contributed by atoms with Crippen LogP contribution >= 0.6 is 0 Å². The molecular formula is C20H27N3O. The van der Waals surface area contributed by atoms with E-state index in [2.05, 4.69) is 53.7 Å². The van der Waals surface area contributed by atoms with Crippen LogP contribution < -0.4 is 15.4 Å². The Morgan fingerprint density at radius 1 is 1.00 bits per heavy atom. The second-order valence-corrected chi connectivity index (χ2v) is 5.97. The largest absolute Gasteiger partial charge is 0.489 e.